The van der Waals surface area contributed by atoms with Crippen LogP contribution in [0.2, 0.25) is 0 Å². The zero-order valence-corrected chi connectivity index (χ0v) is 12.8. The predicted molar refractivity (Wildman–Crippen MR) is 82.4 cm³/mol. The van der Waals surface area contributed by atoms with Crippen LogP contribution in [-0.4, -0.2) is 42.5 Å². The van der Waals surface area contributed by atoms with Gasteiger partial charge in [-0.05, 0) is 30.9 Å². The van der Waals surface area contributed by atoms with Gasteiger partial charge >= 0.3 is 0 Å². The van der Waals surface area contributed by atoms with Gasteiger partial charge in [0.1, 0.15) is 5.82 Å². The van der Waals surface area contributed by atoms with E-state index < -0.39 is 5.60 Å². The second-order valence-electron chi connectivity index (χ2n) is 6.33. The Morgan fingerprint density at radius 1 is 1.38 bits per heavy atom. The van der Waals surface area contributed by atoms with Crippen molar-refractivity contribution in [1.82, 2.24) is 4.98 Å². The Morgan fingerprint density at radius 3 is 2.86 bits per heavy atom. The molecule has 2 heterocycles. The van der Waals surface area contributed by atoms with Crippen LogP contribution in [0.4, 0.5) is 5.82 Å². The molecule has 1 aliphatic heterocycles. The number of rotatable bonds is 4. The van der Waals surface area contributed by atoms with Gasteiger partial charge in [0.15, 0.2) is 0 Å². The molecule has 3 rings (SSSR count). The highest BCUT2D eigenvalue weighted by atomic mass is 16.5. The van der Waals surface area contributed by atoms with E-state index in [1.807, 2.05) is 7.05 Å². The molecule has 0 saturated carbocycles. The third-order valence-corrected chi connectivity index (χ3v) is 4.64. The number of nitrogens with two attached hydrogens (primary N) is 1. The SMILES string of the molecule is CN(CC1(O)CCOCC1)c1nc2c(cc1CN)CCC2. The molecule has 1 aromatic rings. The molecule has 0 atom stereocenters. The van der Waals surface area contributed by atoms with Gasteiger partial charge in [-0.1, -0.05) is 0 Å². The fourth-order valence-corrected chi connectivity index (χ4v) is 3.42. The number of ether oxygens (including phenoxy) is 1. The number of aliphatic hydroxyl groups is 1. The van der Waals surface area contributed by atoms with Gasteiger partial charge in [0.05, 0.1) is 5.60 Å². The molecule has 0 radical (unpaired) electrons. The van der Waals surface area contributed by atoms with Crippen molar-refractivity contribution in [2.24, 2.45) is 5.73 Å². The van der Waals surface area contributed by atoms with Gasteiger partial charge in [0.25, 0.3) is 0 Å². The first kappa shape index (κ1) is 14.8. The van der Waals surface area contributed by atoms with E-state index in [2.05, 4.69) is 11.0 Å². The minimum absolute atomic E-state index is 0.488. The number of aromatic nitrogens is 1. The molecule has 2 aliphatic rings. The van der Waals surface area contributed by atoms with Gasteiger partial charge in [-0.15, -0.1) is 0 Å². The molecule has 1 aromatic heterocycles. The number of aryl methyl sites for hydroxylation is 2. The lowest BCUT2D eigenvalue weighted by Crippen LogP contribution is -2.46. The quantitative estimate of drug-likeness (QED) is 0.866. The summed E-state index contributed by atoms with van der Waals surface area (Å²) in [4.78, 5) is 6.89. The highest BCUT2D eigenvalue weighted by Gasteiger charge is 2.32. The van der Waals surface area contributed by atoms with E-state index in [-0.39, 0.29) is 0 Å². The van der Waals surface area contributed by atoms with Gasteiger partial charge in [0, 0.05) is 57.4 Å². The van der Waals surface area contributed by atoms with Gasteiger partial charge in [-0.2, -0.15) is 0 Å². The summed E-state index contributed by atoms with van der Waals surface area (Å²) in [6.45, 7) is 2.33. The zero-order chi connectivity index (χ0) is 14.9. The molecule has 1 fully saturated rings. The van der Waals surface area contributed by atoms with E-state index in [4.69, 9.17) is 15.5 Å². The van der Waals surface area contributed by atoms with Crippen molar-refractivity contribution in [1.29, 1.82) is 0 Å². The summed E-state index contributed by atoms with van der Waals surface area (Å²) in [6.07, 6.45) is 4.71. The Morgan fingerprint density at radius 2 is 2.14 bits per heavy atom. The second-order valence-corrected chi connectivity index (χ2v) is 6.33. The summed E-state index contributed by atoms with van der Waals surface area (Å²) >= 11 is 0. The monoisotopic (exact) mass is 291 g/mol. The summed E-state index contributed by atoms with van der Waals surface area (Å²) in [5.41, 5.74) is 8.84. The lowest BCUT2D eigenvalue weighted by molar-refractivity contribution is -0.0573. The van der Waals surface area contributed by atoms with Crippen LogP contribution in [0.15, 0.2) is 6.07 Å². The van der Waals surface area contributed by atoms with Gasteiger partial charge in [-0.25, -0.2) is 4.98 Å². The number of nitrogens with zero attached hydrogens (tertiary/aromatic N) is 2. The Kier molecular flexibility index (Phi) is 4.15. The molecule has 0 unspecified atom stereocenters. The van der Waals surface area contributed by atoms with Crippen LogP contribution >= 0.6 is 0 Å². The predicted octanol–water partition coefficient (Wildman–Crippen LogP) is 1.01. The fourth-order valence-electron chi connectivity index (χ4n) is 3.42. The number of pyridine rings is 1. The minimum Gasteiger partial charge on any atom is -0.388 e. The fraction of sp³-hybridized carbons (Fsp3) is 0.688. The van der Waals surface area contributed by atoms with E-state index in [1.54, 1.807) is 0 Å². The average Bonchev–Trinajstić information content (AvgIpc) is 2.93. The molecular weight excluding hydrogens is 266 g/mol. The highest BCUT2D eigenvalue weighted by molar-refractivity contribution is 5.50. The lowest BCUT2D eigenvalue weighted by atomic mass is 9.94. The largest absolute Gasteiger partial charge is 0.388 e. The summed E-state index contributed by atoms with van der Waals surface area (Å²) < 4.78 is 5.34. The Hall–Kier alpha value is -1.17. The Labute approximate surface area is 126 Å². The number of hydrogen-bond donors (Lipinski definition) is 2. The minimum atomic E-state index is -0.681. The van der Waals surface area contributed by atoms with Crippen LogP contribution in [0, 0.1) is 0 Å². The molecule has 0 aromatic carbocycles. The van der Waals surface area contributed by atoms with Crippen molar-refractivity contribution in [3.8, 4) is 0 Å². The third kappa shape index (κ3) is 3.05. The van der Waals surface area contributed by atoms with Crippen LogP contribution in [0.5, 0.6) is 0 Å². The molecule has 1 saturated heterocycles. The molecule has 3 N–H and O–H groups in total. The Balaban J connectivity index is 1.82. The maximum Gasteiger partial charge on any atom is 0.133 e. The van der Waals surface area contributed by atoms with E-state index in [0.29, 0.717) is 39.1 Å². The maximum absolute atomic E-state index is 10.7. The first-order valence-electron chi connectivity index (χ1n) is 7.84. The molecule has 1 aliphatic carbocycles. The third-order valence-electron chi connectivity index (χ3n) is 4.64. The Bertz CT molecular complexity index is 512. The van der Waals surface area contributed by atoms with E-state index in [1.165, 1.54) is 17.7 Å². The summed E-state index contributed by atoms with van der Waals surface area (Å²) in [5.74, 6) is 0.929. The number of fused-ring (bicyclic) bond motifs is 1. The summed E-state index contributed by atoms with van der Waals surface area (Å²) in [6, 6.07) is 2.20. The molecule has 5 nitrogen and oxygen atoms in total. The van der Waals surface area contributed by atoms with Gasteiger partial charge < -0.3 is 20.5 Å². The van der Waals surface area contributed by atoms with Crippen molar-refractivity contribution < 1.29 is 9.84 Å². The zero-order valence-electron chi connectivity index (χ0n) is 12.8. The second kappa shape index (κ2) is 5.91. The van der Waals surface area contributed by atoms with Crippen LogP contribution in [0.25, 0.3) is 0 Å². The molecule has 5 heteroatoms. The van der Waals surface area contributed by atoms with E-state index in [0.717, 1.165) is 24.2 Å². The first-order chi connectivity index (χ1) is 10.1. The molecule has 0 spiro atoms. The maximum atomic E-state index is 10.7. The number of likely N-dealkylation sites (N-methyl/N-ethyl adjacent to an activating group) is 1. The van der Waals surface area contributed by atoms with Gasteiger partial charge in [0.2, 0.25) is 0 Å². The lowest BCUT2D eigenvalue weighted by Gasteiger charge is -2.36. The van der Waals surface area contributed by atoms with Crippen LogP contribution in [-0.2, 0) is 24.1 Å². The van der Waals surface area contributed by atoms with Crippen LogP contribution < -0.4 is 10.6 Å². The highest BCUT2D eigenvalue weighted by Crippen LogP contribution is 2.29. The molecule has 116 valence electrons. The average molecular weight is 291 g/mol. The molecule has 0 bridgehead atoms. The van der Waals surface area contributed by atoms with Crippen molar-refractivity contribution in [2.45, 2.75) is 44.2 Å². The topological polar surface area (TPSA) is 71.6 Å². The molecule has 0 amide bonds. The summed E-state index contributed by atoms with van der Waals surface area (Å²) in [7, 11) is 2.00. The van der Waals surface area contributed by atoms with E-state index in [9.17, 15) is 5.11 Å². The van der Waals surface area contributed by atoms with Crippen molar-refractivity contribution in [3.05, 3.63) is 22.9 Å². The van der Waals surface area contributed by atoms with E-state index >= 15 is 0 Å². The molecular formula is C16H25N3O2. The first-order valence-corrected chi connectivity index (χ1v) is 7.84. The normalized spacial score (nSPS) is 20.3. The smallest absolute Gasteiger partial charge is 0.133 e. The van der Waals surface area contributed by atoms with Crippen molar-refractivity contribution >= 4 is 5.82 Å². The van der Waals surface area contributed by atoms with Crippen molar-refractivity contribution in [3.63, 3.8) is 0 Å². The van der Waals surface area contributed by atoms with Crippen molar-refractivity contribution in [2.75, 3.05) is 31.7 Å². The van der Waals surface area contributed by atoms with Crippen LogP contribution in [0.3, 0.4) is 0 Å². The summed E-state index contributed by atoms with van der Waals surface area (Å²) in [5, 5.41) is 10.7. The standard InChI is InChI=1S/C16H25N3O2/c1-19(11-16(20)5-7-21-8-6-16)15-13(10-17)9-12-3-2-4-14(12)18-15/h9,20H,2-8,10-11,17H2,1H3. The number of anilines is 1. The number of hydrogen-bond acceptors (Lipinski definition) is 5. The van der Waals surface area contributed by atoms with Crippen LogP contribution in [0.1, 0.15) is 36.1 Å². The van der Waals surface area contributed by atoms with Gasteiger partial charge in [-0.3, -0.25) is 0 Å². The molecule has 21 heavy (non-hydrogen) atoms.